The fraction of sp³-hybridized carbons (Fsp3) is 0.524. The molecule has 5 heteroatoms. The van der Waals surface area contributed by atoms with Crippen molar-refractivity contribution >= 4 is 22.5 Å². The molecule has 1 amide bonds. The van der Waals surface area contributed by atoms with Gasteiger partial charge in [0, 0.05) is 23.3 Å². The van der Waals surface area contributed by atoms with Crippen molar-refractivity contribution in [1.82, 2.24) is 10.3 Å². The Bertz CT molecular complexity index is 808. The number of hydrogen-bond donors (Lipinski definition) is 2. The average molecular weight is 353 g/mol. The lowest BCUT2D eigenvalue weighted by Crippen LogP contribution is -2.43. The molecule has 0 atom stereocenters. The summed E-state index contributed by atoms with van der Waals surface area (Å²) in [6.45, 7) is 1.95. The number of fused-ring (bicyclic) bond motifs is 1. The zero-order chi connectivity index (χ0) is 18.1. The number of anilines is 1. The summed E-state index contributed by atoms with van der Waals surface area (Å²) in [4.78, 5) is 16.7. The van der Waals surface area contributed by atoms with Crippen LogP contribution in [-0.4, -0.2) is 23.0 Å². The van der Waals surface area contributed by atoms with Crippen molar-refractivity contribution in [2.75, 3.05) is 5.73 Å². The molecule has 138 valence electrons. The number of aromatic nitrogens is 1. The SMILES string of the molecule is Cc1cc(N)c2c(OC3CCC(NC(=O)C4CCC4)CC3)cccc2n1. The second-order valence-corrected chi connectivity index (χ2v) is 7.73. The average Bonchev–Trinajstić information content (AvgIpc) is 2.54. The normalized spacial score (nSPS) is 23.4. The van der Waals surface area contributed by atoms with E-state index in [1.807, 2.05) is 31.2 Å². The maximum atomic E-state index is 12.1. The van der Waals surface area contributed by atoms with Crippen molar-refractivity contribution < 1.29 is 9.53 Å². The first kappa shape index (κ1) is 17.1. The Morgan fingerprint density at radius 1 is 1.19 bits per heavy atom. The van der Waals surface area contributed by atoms with Crippen LogP contribution in [0.15, 0.2) is 24.3 Å². The number of nitrogens with two attached hydrogens (primary N) is 1. The van der Waals surface area contributed by atoms with Gasteiger partial charge >= 0.3 is 0 Å². The van der Waals surface area contributed by atoms with E-state index < -0.39 is 0 Å². The van der Waals surface area contributed by atoms with Crippen molar-refractivity contribution in [3.63, 3.8) is 0 Å². The summed E-state index contributed by atoms with van der Waals surface area (Å²) in [5, 5.41) is 4.13. The first-order valence-electron chi connectivity index (χ1n) is 9.73. The molecule has 0 spiro atoms. The third-order valence-corrected chi connectivity index (χ3v) is 5.74. The van der Waals surface area contributed by atoms with Crippen molar-refractivity contribution in [3.8, 4) is 5.75 Å². The summed E-state index contributed by atoms with van der Waals surface area (Å²) in [7, 11) is 0. The number of carbonyl (C=O) groups excluding carboxylic acids is 1. The minimum absolute atomic E-state index is 0.165. The van der Waals surface area contributed by atoms with Gasteiger partial charge in [-0.25, -0.2) is 0 Å². The second-order valence-electron chi connectivity index (χ2n) is 7.73. The van der Waals surface area contributed by atoms with E-state index >= 15 is 0 Å². The quantitative estimate of drug-likeness (QED) is 0.878. The molecular weight excluding hydrogens is 326 g/mol. The number of nitrogen functional groups attached to an aromatic ring is 1. The van der Waals surface area contributed by atoms with Crippen LogP contribution in [0, 0.1) is 12.8 Å². The van der Waals surface area contributed by atoms with Crippen molar-refractivity contribution in [2.45, 2.75) is 64.0 Å². The number of carbonyl (C=O) groups is 1. The molecule has 1 heterocycles. The number of pyridine rings is 1. The van der Waals surface area contributed by atoms with Crippen molar-refractivity contribution in [2.24, 2.45) is 5.92 Å². The van der Waals surface area contributed by atoms with Crippen molar-refractivity contribution in [3.05, 3.63) is 30.0 Å². The van der Waals surface area contributed by atoms with Crippen LogP contribution in [0.2, 0.25) is 0 Å². The molecule has 2 aromatic rings. The number of rotatable bonds is 4. The summed E-state index contributed by atoms with van der Waals surface area (Å²) >= 11 is 0. The number of benzene rings is 1. The monoisotopic (exact) mass is 353 g/mol. The zero-order valence-electron chi connectivity index (χ0n) is 15.3. The van der Waals surface area contributed by atoms with Gasteiger partial charge in [0.1, 0.15) is 5.75 Å². The van der Waals surface area contributed by atoms with Crippen LogP contribution < -0.4 is 15.8 Å². The molecule has 2 aliphatic rings. The van der Waals surface area contributed by atoms with Crippen LogP contribution >= 0.6 is 0 Å². The second kappa shape index (κ2) is 7.14. The summed E-state index contributed by atoms with van der Waals surface area (Å²) < 4.78 is 6.29. The number of aryl methyl sites for hydroxylation is 1. The molecule has 0 saturated heterocycles. The van der Waals surface area contributed by atoms with Crippen LogP contribution in [0.3, 0.4) is 0 Å². The molecule has 3 N–H and O–H groups in total. The lowest BCUT2D eigenvalue weighted by atomic mass is 9.84. The summed E-state index contributed by atoms with van der Waals surface area (Å²) in [6.07, 6.45) is 7.32. The van der Waals surface area contributed by atoms with Gasteiger partial charge in [-0.2, -0.15) is 0 Å². The Morgan fingerprint density at radius 2 is 1.96 bits per heavy atom. The largest absolute Gasteiger partial charge is 0.490 e. The molecule has 2 fully saturated rings. The molecule has 4 rings (SSSR count). The first-order valence-corrected chi connectivity index (χ1v) is 9.73. The van der Waals surface area contributed by atoms with Gasteiger partial charge in [0.25, 0.3) is 0 Å². The van der Waals surface area contributed by atoms with E-state index in [0.29, 0.717) is 11.7 Å². The lowest BCUT2D eigenvalue weighted by molar-refractivity contribution is -0.128. The van der Waals surface area contributed by atoms with Gasteiger partial charge in [-0.3, -0.25) is 9.78 Å². The van der Waals surface area contributed by atoms with Crippen LogP contribution in [0.5, 0.6) is 5.75 Å². The highest BCUT2D eigenvalue weighted by atomic mass is 16.5. The molecule has 0 bridgehead atoms. The highest BCUT2D eigenvalue weighted by Gasteiger charge is 2.29. The van der Waals surface area contributed by atoms with Gasteiger partial charge in [0.2, 0.25) is 5.91 Å². The lowest BCUT2D eigenvalue weighted by Gasteiger charge is -2.32. The van der Waals surface area contributed by atoms with E-state index in [1.54, 1.807) is 0 Å². The standard InChI is InChI=1S/C21H27N3O2/c1-13-12-17(22)20-18(23-13)6-3-7-19(20)26-16-10-8-15(9-11-16)24-21(25)14-4-2-5-14/h3,6-7,12,14-16H,2,4-5,8-11H2,1H3,(H2,22,23)(H,24,25). The predicted molar refractivity (Wildman–Crippen MR) is 103 cm³/mol. The number of amides is 1. The Labute approximate surface area is 154 Å². The van der Waals surface area contributed by atoms with E-state index in [4.69, 9.17) is 10.5 Å². The van der Waals surface area contributed by atoms with Crippen molar-refractivity contribution in [1.29, 1.82) is 0 Å². The van der Waals surface area contributed by atoms with Gasteiger partial charge in [-0.15, -0.1) is 0 Å². The van der Waals surface area contributed by atoms with Crippen LogP contribution in [0.1, 0.15) is 50.6 Å². The molecule has 2 saturated carbocycles. The van der Waals surface area contributed by atoms with Gasteiger partial charge < -0.3 is 15.8 Å². The number of nitrogens with zero attached hydrogens (tertiary/aromatic N) is 1. The maximum Gasteiger partial charge on any atom is 0.223 e. The molecule has 0 radical (unpaired) electrons. The first-order chi connectivity index (χ1) is 12.6. The molecule has 0 unspecified atom stereocenters. The van der Waals surface area contributed by atoms with Crippen LogP contribution in [-0.2, 0) is 4.79 Å². The van der Waals surface area contributed by atoms with Gasteiger partial charge in [-0.05, 0) is 63.6 Å². The number of nitrogens with one attached hydrogen (secondary N) is 1. The Kier molecular flexibility index (Phi) is 4.70. The molecule has 1 aromatic carbocycles. The van der Waals surface area contributed by atoms with E-state index in [2.05, 4.69) is 10.3 Å². The third kappa shape index (κ3) is 3.48. The molecule has 0 aliphatic heterocycles. The Hall–Kier alpha value is -2.30. The van der Waals surface area contributed by atoms with E-state index in [9.17, 15) is 4.79 Å². The summed E-state index contributed by atoms with van der Waals surface area (Å²) in [6, 6.07) is 8.10. The van der Waals surface area contributed by atoms with Gasteiger partial charge in [0.15, 0.2) is 0 Å². The topological polar surface area (TPSA) is 77.2 Å². The van der Waals surface area contributed by atoms with Crippen LogP contribution in [0.4, 0.5) is 5.69 Å². The van der Waals surface area contributed by atoms with Gasteiger partial charge in [-0.1, -0.05) is 12.5 Å². The predicted octanol–water partition coefficient (Wildman–Crippen LogP) is 3.73. The molecule has 2 aliphatic carbocycles. The zero-order valence-corrected chi connectivity index (χ0v) is 15.3. The highest BCUT2D eigenvalue weighted by molar-refractivity contribution is 5.95. The maximum absolute atomic E-state index is 12.1. The Morgan fingerprint density at radius 3 is 2.65 bits per heavy atom. The minimum atomic E-state index is 0.165. The summed E-state index contributed by atoms with van der Waals surface area (Å²) in [5.74, 6) is 1.33. The minimum Gasteiger partial charge on any atom is -0.490 e. The Balaban J connectivity index is 1.39. The number of ether oxygens (including phenoxy) is 1. The fourth-order valence-corrected chi connectivity index (χ4v) is 4.01. The molecule has 1 aromatic heterocycles. The van der Waals surface area contributed by atoms with Gasteiger partial charge in [0.05, 0.1) is 17.0 Å². The van der Waals surface area contributed by atoms with Crippen LogP contribution in [0.25, 0.3) is 10.9 Å². The molecule has 5 nitrogen and oxygen atoms in total. The molecular formula is C21H27N3O2. The van der Waals surface area contributed by atoms with E-state index in [1.165, 1.54) is 6.42 Å². The fourth-order valence-electron chi connectivity index (χ4n) is 4.01. The smallest absolute Gasteiger partial charge is 0.223 e. The number of hydrogen-bond acceptors (Lipinski definition) is 4. The highest BCUT2D eigenvalue weighted by Crippen LogP contribution is 2.33. The van der Waals surface area contributed by atoms with E-state index in [-0.39, 0.29) is 17.9 Å². The van der Waals surface area contributed by atoms with E-state index in [0.717, 1.165) is 60.9 Å². The summed E-state index contributed by atoms with van der Waals surface area (Å²) in [5.41, 5.74) is 8.72. The molecule has 26 heavy (non-hydrogen) atoms. The third-order valence-electron chi connectivity index (χ3n) is 5.74.